The number of amides is 1. The van der Waals surface area contributed by atoms with E-state index in [4.69, 9.17) is 9.63 Å². The normalized spacial score (nSPS) is 13.9. The monoisotopic (exact) mass is 383 g/mol. The van der Waals surface area contributed by atoms with Gasteiger partial charge in [0, 0.05) is 19.5 Å². The standard InChI is InChI=1S/C13H22NO10P/c1-4-9(15)23-12(11(18)21-5-2)24-13(19)14-8(10(16)17)6-7-22-25(3)20/h8,12,25H,4-7H2,1-3H3,(H,14,19)(H,16,17). The van der Waals surface area contributed by atoms with E-state index >= 15 is 0 Å². The summed E-state index contributed by atoms with van der Waals surface area (Å²) in [5, 5.41) is 11.0. The second-order valence-corrected chi connectivity index (χ2v) is 5.77. The van der Waals surface area contributed by atoms with Crippen LogP contribution in [0.1, 0.15) is 26.7 Å². The van der Waals surface area contributed by atoms with Gasteiger partial charge in [-0.05, 0) is 6.92 Å². The number of carboxylic acids is 1. The van der Waals surface area contributed by atoms with E-state index in [0.29, 0.717) is 0 Å². The summed E-state index contributed by atoms with van der Waals surface area (Å²) >= 11 is 0. The summed E-state index contributed by atoms with van der Waals surface area (Å²) < 4.78 is 29.5. The number of nitrogens with one attached hydrogen (secondary N) is 1. The molecule has 0 bridgehead atoms. The summed E-state index contributed by atoms with van der Waals surface area (Å²) in [7, 11) is -2.24. The molecule has 0 heterocycles. The molecule has 0 saturated heterocycles. The summed E-state index contributed by atoms with van der Waals surface area (Å²) in [6, 6.07) is -1.42. The van der Waals surface area contributed by atoms with E-state index in [1.54, 1.807) is 0 Å². The number of rotatable bonds is 11. The summed E-state index contributed by atoms with van der Waals surface area (Å²) in [6.07, 6.45) is -3.52. The second kappa shape index (κ2) is 12.3. The lowest BCUT2D eigenvalue weighted by Gasteiger charge is -2.19. The van der Waals surface area contributed by atoms with Crippen molar-refractivity contribution in [1.82, 2.24) is 5.32 Å². The first-order valence-corrected chi connectivity index (χ1v) is 9.22. The molecule has 144 valence electrons. The van der Waals surface area contributed by atoms with Crippen LogP contribution in [-0.4, -0.2) is 61.3 Å². The van der Waals surface area contributed by atoms with Gasteiger partial charge in [0.1, 0.15) is 6.04 Å². The summed E-state index contributed by atoms with van der Waals surface area (Å²) in [5.74, 6) is -3.32. The minimum absolute atomic E-state index is 0.0463. The number of aliphatic carboxylic acids is 1. The minimum Gasteiger partial charge on any atom is -0.480 e. The van der Waals surface area contributed by atoms with Gasteiger partial charge in [-0.2, -0.15) is 0 Å². The lowest BCUT2D eigenvalue weighted by atomic mass is 10.2. The molecule has 3 atom stereocenters. The molecule has 2 N–H and O–H groups in total. The van der Waals surface area contributed by atoms with Crippen LogP contribution < -0.4 is 5.32 Å². The van der Waals surface area contributed by atoms with E-state index in [1.807, 2.05) is 5.32 Å². The fraction of sp³-hybridized carbons (Fsp3) is 0.692. The molecule has 0 aromatic carbocycles. The molecule has 0 aliphatic carbocycles. The van der Waals surface area contributed by atoms with Crippen molar-refractivity contribution in [2.24, 2.45) is 0 Å². The average molecular weight is 383 g/mol. The van der Waals surface area contributed by atoms with E-state index in [1.165, 1.54) is 20.5 Å². The van der Waals surface area contributed by atoms with Crippen LogP contribution in [0, 0.1) is 0 Å². The van der Waals surface area contributed by atoms with Crippen molar-refractivity contribution in [3.63, 3.8) is 0 Å². The zero-order valence-electron chi connectivity index (χ0n) is 14.1. The molecule has 0 aromatic rings. The topological polar surface area (TPSA) is 155 Å². The zero-order chi connectivity index (χ0) is 19.4. The van der Waals surface area contributed by atoms with Crippen molar-refractivity contribution in [2.45, 2.75) is 39.0 Å². The number of carboxylic acid groups (broad SMARTS) is 1. The van der Waals surface area contributed by atoms with Crippen LogP contribution in [0.25, 0.3) is 0 Å². The number of hydrogen-bond acceptors (Lipinski definition) is 9. The Labute approximate surface area is 144 Å². The highest BCUT2D eigenvalue weighted by Gasteiger charge is 2.30. The summed E-state index contributed by atoms with van der Waals surface area (Å²) in [5.41, 5.74) is 0. The van der Waals surface area contributed by atoms with Gasteiger partial charge in [-0.1, -0.05) is 6.92 Å². The minimum atomic E-state index is -2.24. The fourth-order valence-corrected chi connectivity index (χ4v) is 1.79. The molecule has 0 aliphatic heterocycles. The third-order valence-corrected chi connectivity index (χ3v) is 3.13. The van der Waals surface area contributed by atoms with E-state index in [2.05, 4.69) is 14.2 Å². The quantitative estimate of drug-likeness (QED) is 0.293. The van der Waals surface area contributed by atoms with Crippen LogP contribution in [0.2, 0.25) is 0 Å². The molecule has 0 aromatic heterocycles. The summed E-state index contributed by atoms with van der Waals surface area (Å²) in [6.45, 7) is 4.07. The largest absolute Gasteiger partial charge is 0.480 e. The highest BCUT2D eigenvalue weighted by atomic mass is 31.1. The Balaban J connectivity index is 4.77. The van der Waals surface area contributed by atoms with Gasteiger partial charge in [0.05, 0.1) is 13.2 Å². The Hall–Kier alpha value is -2.13. The van der Waals surface area contributed by atoms with Gasteiger partial charge in [0.25, 0.3) is 0 Å². The number of ether oxygens (including phenoxy) is 3. The first kappa shape index (κ1) is 22.9. The maximum absolute atomic E-state index is 11.8. The predicted octanol–water partition coefficient (Wildman–Crippen LogP) is 0.519. The van der Waals surface area contributed by atoms with Crippen molar-refractivity contribution in [3.8, 4) is 0 Å². The molecule has 12 heteroatoms. The Kier molecular flexibility index (Phi) is 11.2. The first-order chi connectivity index (χ1) is 11.7. The fourth-order valence-electron chi connectivity index (χ4n) is 1.38. The molecule has 1 amide bonds. The Bertz CT molecular complexity index is 509. The molecule has 0 saturated carbocycles. The number of carbonyl (C=O) groups is 4. The Morgan fingerprint density at radius 1 is 1.16 bits per heavy atom. The smallest absolute Gasteiger partial charge is 0.411 e. The van der Waals surface area contributed by atoms with Crippen LogP contribution in [-0.2, 0) is 37.7 Å². The van der Waals surface area contributed by atoms with Crippen molar-refractivity contribution < 1.29 is 47.6 Å². The van der Waals surface area contributed by atoms with Crippen molar-refractivity contribution >= 4 is 32.0 Å². The highest BCUT2D eigenvalue weighted by molar-refractivity contribution is 7.38. The van der Waals surface area contributed by atoms with Crippen molar-refractivity contribution in [3.05, 3.63) is 0 Å². The number of alkyl carbamates (subject to hydrolysis) is 1. The van der Waals surface area contributed by atoms with Crippen LogP contribution in [0.4, 0.5) is 4.79 Å². The molecule has 0 aliphatic rings. The molecular weight excluding hydrogens is 361 g/mol. The van der Waals surface area contributed by atoms with Crippen LogP contribution in [0.15, 0.2) is 0 Å². The molecule has 3 unspecified atom stereocenters. The van der Waals surface area contributed by atoms with Crippen LogP contribution >= 0.6 is 8.03 Å². The molecule has 0 spiro atoms. The Morgan fingerprint density at radius 3 is 2.28 bits per heavy atom. The maximum Gasteiger partial charge on any atom is 0.411 e. The van der Waals surface area contributed by atoms with E-state index in [-0.39, 0.29) is 26.1 Å². The third kappa shape index (κ3) is 10.4. The Morgan fingerprint density at radius 2 is 1.80 bits per heavy atom. The number of hydrogen-bond donors (Lipinski definition) is 2. The highest BCUT2D eigenvalue weighted by Crippen LogP contribution is 2.15. The average Bonchev–Trinajstić information content (AvgIpc) is 2.52. The lowest BCUT2D eigenvalue weighted by Crippen LogP contribution is -2.45. The van der Waals surface area contributed by atoms with Gasteiger partial charge in [0.2, 0.25) is 0 Å². The molecule has 0 radical (unpaired) electrons. The van der Waals surface area contributed by atoms with Gasteiger partial charge in [0.15, 0.2) is 8.03 Å². The third-order valence-electron chi connectivity index (χ3n) is 2.52. The van der Waals surface area contributed by atoms with Gasteiger partial charge < -0.3 is 29.2 Å². The first-order valence-electron chi connectivity index (χ1n) is 7.40. The lowest BCUT2D eigenvalue weighted by molar-refractivity contribution is -0.190. The van der Waals surface area contributed by atoms with Crippen molar-refractivity contribution in [1.29, 1.82) is 0 Å². The summed E-state index contributed by atoms with van der Waals surface area (Å²) in [4.78, 5) is 45.7. The molecule has 25 heavy (non-hydrogen) atoms. The maximum atomic E-state index is 11.8. The van der Waals surface area contributed by atoms with E-state index < -0.39 is 44.4 Å². The molecule has 0 fully saturated rings. The van der Waals surface area contributed by atoms with Gasteiger partial charge in [-0.3, -0.25) is 9.36 Å². The predicted molar refractivity (Wildman–Crippen MR) is 83.3 cm³/mol. The molecule has 11 nitrogen and oxygen atoms in total. The van der Waals surface area contributed by atoms with Crippen LogP contribution in [0.5, 0.6) is 0 Å². The molecular formula is C13H22NO10P. The van der Waals surface area contributed by atoms with E-state index in [0.717, 1.165) is 0 Å². The van der Waals surface area contributed by atoms with Crippen LogP contribution in [0.3, 0.4) is 0 Å². The number of esters is 2. The second-order valence-electron chi connectivity index (χ2n) is 4.50. The number of carbonyl (C=O) groups excluding carboxylic acids is 3. The van der Waals surface area contributed by atoms with Gasteiger partial charge in [-0.25, -0.2) is 14.4 Å². The van der Waals surface area contributed by atoms with Gasteiger partial charge in [-0.15, -0.1) is 0 Å². The van der Waals surface area contributed by atoms with E-state index in [9.17, 15) is 23.7 Å². The van der Waals surface area contributed by atoms with Crippen molar-refractivity contribution in [2.75, 3.05) is 19.9 Å². The molecule has 0 rings (SSSR count). The van der Waals surface area contributed by atoms with Gasteiger partial charge >= 0.3 is 30.3 Å². The SMILES string of the molecule is CCOC(=O)C(OC(=O)CC)OC(=O)NC(CCO[PH](C)=O)C(=O)O. The zero-order valence-corrected chi connectivity index (χ0v) is 15.1.